The maximum atomic E-state index is 12.4. The van der Waals surface area contributed by atoms with Crippen LogP contribution in [0, 0.1) is 83.1 Å². The van der Waals surface area contributed by atoms with E-state index in [1.165, 1.54) is 51.1 Å². The van der Waals surface area contributed by atoms with Crippen molar-refractivity contribution in [2.45, 2.75) is 131 Å². The molecule has 36 nitrogen and oxygen atoms in total. The number of rotatable bonds is 36. The highest BCUT2D eigenvalue weighted by atomic mass is 35.5. The Hall–Kier alpha value is -15.2. The molecule has 0 aliphatic heterocycles. The van der Waals surface area contributed by atoms with Crippen LogP contribution in [0.2, 0.25) is 10.0 Å². The number of nitrogens with two attached hydrogens (primary N) is 5. The quantitative estimate of drug-likeness (QED) is 0.0162. The van der Waals surface area contributed by atoms with Crippen LogP contribution in [-0.4, -0.2) is 177 Å². The van der Waals surface area contributed by atoms with E-state index >= 15 is 0 Å². The summed E-state index contributed by atoms with van der Waals surface area (Å²) in [5.74, 6) is 3.94. The van der Waals surface area contributed by atoms with Crippen molar-refractivity contribution in [3.8, 4) is 62.0 Å². The maximum absolute atomic E-state index is 12.4. The number of aryl methyl sites for hydroxylation is 9. The van der Waals surface area contributed by atoms with E-state index < -0.39 is 20.0 Å². The number of halogens is 2. The number of likely N-dealkylation sites (N-methyl/N-ethyl adjacent to an activating group) is 1. The van der Waals surface area contributed by atoms with Gasteiger partial charge in [-0.25, -0.2) is 61.0 Å². The van der Waals surface area contributed by atoms with Crippen molar-refractivity contribution in [2.24, 2.45) is 0 Å². The van der Waals surface area contributed by atoms with Gasteiger partial charge in [0.1, 0.15) is 33.9 Å². The fraction of sp³-hybridized carbons (Fsp3) is 0.279. The number of para-hydroxylation sites is 1. The van der Waals surface area contributed by atoms with Gasteiger partial charge < -0.3 is 75.3 Å². The summed E-state index contributed by atoms with van der Waals surface area (Å²) >= 11 is 11.6. The van der Waals surface area contributed by atoms with E-state index in [0.717, 1.165) is 116 Å². The molecule has 0 atom stereocenters. The molecule has 19 N–H and O–H groups in total. The number of hydrogen-bond acceptors (Lipinski definition) is 30. The Morgan fingerprint density at radius 3 is 1.12 bits per heavy atom. The first kappa shape index (κ1) is 109. The van der Waals surface area contributed by atoms with Crippen molar-refractivity contribution >= 4 is 114 Å². The number of amides is 3. The number of sulfonamides is 2. The lowest BCUT2D eigenvalue weighted by Crippen LogP contribution is -2.34. The maximum Gasteiger partial charge on any atom is 0.319 e. The number of anilines is 10. The van der Waals surface area contributed by atoms with Crippen molar-refractivity contribution in [1.29, 1.82) is 0 Å². The minimum Gasteiger partial charge on any atom is -0.370 e. The Morgan fingerprint density at radius 2 is 0.743 bits per heavy atom. The standard InChI is InChI=1S/C22H25ClN6O.C22H22N6.C21H24ClN5O2S.C20H26N6O3S.C19H28N6O/c1-14-5-3-6-18(15(14)2)19-13-20(29-21(24)28-19)25-11-4-12-26-22(30)27-17-9-7-16(23)8-10-17;1-15-7-6-10-20(16(15)2)21-13-17(25-22(23)26-21)11-12-18-14-24-28(27-18)19-8-4-3-5-9-19;1-14-5-3-6-18(15(14)2)19-13-20(27-21(23)26-19)24-11-4-12-25-30(28,29)17-9-7-16(22)8-10-17;1-12-7-5-8-16(13(12)2)17-11-18(25-20(21)24-17)22-9-6-10-23-30(27,28)19-14(3)26-29-15(19)4;1-13-7-5-8-15(14(13)2)16-11-17(24-19(20)23-16)21-9-6-10-22-18(26)12-25(3)4/h3,5-10,13H,4,11-12H2,1-2H3,(H2,26,27,30)(H3,24,25,28,29);3-10,13-14H,11-12H2,1-2H3,(H2,23,25,26);3,5-10,13,25H,4,11-12H2,1-2H3,(H3,23,24,26,27);5,7-8,11,23H,6,9-10H2,1-4H3,(H3,21,22,24,25);5,7-8,11H,6,9-10,12H2,1-4H3,(H,22,26)(H3,20,21,23,24). The van der Waals surface area contributed by atoms with E-state index in [-0.39, 0.29) is 64.4 Å². The first-order chi connectivity index (χ1) is 68.8. The third kappa shape index (κ3) is 32.7. The molecule has 3 amide bonds. The lowest BCUT2D eigenvalue weighted by Gasteiger charge is -2.12. The number of aromatic nitrogens is 14. The number of nitrogens with zero attached hydrogens (tertiary/aromatic N) is 15. The van der Waals surface area contributed by atoms with Crippen LogP contribution < -0.4 is 75.3 Å². The van der Waals surface area contributed by atoms with Crippen LogP contribution in [0.4, 0.5) is 63.5 Å². The Balaban J connectivity index is 0.000000172. The number of nitrogen functional groups attached to an aromatic ring is 5. The molecule has 0 bridgehead atoms. The van der Waals surface area contributed by atoms with Crippen molar-refractivity contribution in [3.63, 3.8) is 0 Å². The zero-order valence-corrected chi connectivity index (χ0v) is 86.4. The first-order valence-electron chi connectivity index (χ1n) is 46.7. The van der Waals surface area contributed by atoms with Gasteiger partial charge in [-0.3, -0.25) is 4.79 Å². The number of carbonyl (C=O) groups excluding carboxylic acids is 2. The first-order valence-corrected chi connectivity index (χ1v) is 50.4. The molecule has 0 radical (unpaired) electrons. The molecular weight excluding hydrogens is 1900 g/mol. The Morgan fingerprint density at radius 1 is 0.389 bits per heavy atom. The fourth-order valence-corrected chi connectivity index (χ4v) is 17.5. The van der Waals surface area contributed by atoms with Gasteiger partial charge in [-0.2, -0.15) is 34.9 Å². The highest BCUT2D eigenvalue weighted by molar-refractivity contribution is 7.89. The third-order valence-corrected chi connectivity index (χ3v) is 26.8. The van der Waals surface area contributed by atoms with Crippen molar-refractivity contribution in [2.75, 3.05) is 128 Å². The SMILES string of the molecule is Cc1cccc(-c2cc(CCc3cnn(-c4ccccc4)n3)nc(N)n2)c1C.Cc1cccc(-c2cc(NCCCNC(=O)CN(C)C)nc(N)n2)c1C.Cc1cccc(-c2cc(NCCCNC(=O)Nc3ccc(Cl)cc3)nc(N)n2)c1C.Cc1cccc(-c2cc(NCCCNS(=O)(=O)c3c(C)noc3C)nc(N)n2)c1C.Cc1cccc(-c2cc(NCCCNS(=O)(=O)c3ccc(Cl)cc3)nc(N)n2)c1C. The zero-order valence-electron chi connectivity index (χ0n) is 83.3. The predicted octanol–water partition coefficient (Wildman–Crippen LogP) is 16.7. The molecule has 754 valence electrons. The molecule has 0 aliphatic rings. The normalized spacial score (nSPS) is 11.1. The minimum absolute atomic E-state index is 0.0264. The average Bonchev–Trinajstić information content (AvgIpc) is 1.64. The molecule has 7 aromatic heterocycles. The Bertz CT molecular complexity index is 7110. The molecular formula is C104H125Cl2N29O7S2. The van der Waals surface area contributed by atoms with Crippen LogP contribution in [0.25, 0.3) is 62.0 Å². The molecule has 0 saturated carbocycles. The summed E-state index contributed by atoms with van der Waals surface area (Å²) in [4.78, 5) is 70.5. The molecule has 8 aromatic carbocycles. The van der Waals surface area contributed by atoms with E-state index in [9.17, 15) is 26.4 Å². The summed E-state index contributed by atoms with van der Waals surface area (Å²) in [6, 6.07) is 62.6. The highest BCUT2D eigenvalue weighted by Crippen LogP contribution is 2.33. The molecule has 144 heavy (non-hydrogen) atoms. The van der Waals surface area contributed by atoms with Crippen LogP contribution in [0.3, 0.4) is 0 Å². The van der Waals surface area contributed by atoms with Crippen LogP contribution in [0.5, 0.6) is 0 Å². The van der Waals surface area contributed by atoms with Crippen molar-refractivity contribution in [1.82, 2.24) is 95.0 Å². The van der Waals surface area contributed by atoms with Crippen LogP contribution in [0.1, 0.15) is 104 Å². The molecule has 0 spiro atoms. The van der Waals surface area contributed by atoms with E-state index in [4.69, 9.17) is 56.4 Å². The van der Waals surface area contributed by atoms with E-state index in [1.807, 2.05) is 174 Å². The summed E-state index contributed by atoms with van der Waals surface area (Å²) in [7, 11) is -3.49. The van der Waals surface area contributed by atoms with E-state index in [1.54, 1.807) is 61.2 Å². The van der Waals surface area contributed by atoms with Gasteiger partial charge in [0.25, 0.3) is 0 Å². The van der Waals surface area contributed by atoms with Gasteiger partial charge in [-0.1, -0.05) is 138 Å². The molecule has 15 aromatic rings. The minimum atomic E-state index is -3.66. The van der Waals surface area contributed by atoms with Gasteiger partial charge >= 0.3 is 6.03 Å². The molecule has 0 unspecified atom stereocenters. The second-order valence-corrected chi connectivity index (χ2v) is 38.6. The fourth-order valence-electron chi connectivity index (χ4n) is 14.8. The topological polar surface area (TPSA) is 530 Å². The molecule has 0 saturated heterocycles. The lowest BCUT2D eigenvalue weighted by atomic mass is 10.00. The van der Waals surface area contributed by atoms with E-state index in [0.29, 0.717) is 109 Å². The summed E-state index contributed by atoms with van der Waals surface area (Å²) in [6.45, 7) is 28.2. The number of hydrogen-bond donors (Lipinski definition) is 14. The van der Waals surface area contributed by atoms with Gasteiger partial charge in [0.2, 0.25) is 55.7 Å². The van der Waals surface area contributed by atoms with Gasteiger partial charge in [-0.05, 0) is 258 Å². The molecule has 40 heteroatoms. The van der Waals surface area contributed by atoms with Gasteiger partial charge in [0.05, 0.1) is 57.5 Å². The predicted molar refractivity (Wildman–Crippen MR) is 576 cm³/mol. The van der Waals surface area contributed by atoms with Crippen LogP contribution in [0.15, 0.2) is 221 Å². The second kappa shape index (κ2) is 52.5. The molecule has 7 heterocycles. The summed E-state index contributed by atoms with van der Waals surface area (Å²) in [6.07, 6.45) is 5.87. The molecule has 0 fully saturated rings. The van der Waals surface area contributed by atoms with Crippen LogP contribution in [-0.2, 0) is 37.7 Å². The van der Waals surface area contributed by atoms with E-state index in [2.05, 4.69) is 178 Å². The number of urea groups is 1. The van der Waals surface area contributed by atoms with Gasteiger partial charge in [0.15, 0.2) is 5.76 Å². The van der Waals surface area contributed by atoms with Gasteiger partial charge in [-0.15, -0.1) is 0 Å². The number of nitrogens with one attached hydrogen (secondary N) is 9. The van der Waals surface area contributed by atoms with Crippen LogP contribution >= 0.6 is 23.2 Å². The smallest absolute Gasteiger partial charge is 0.319 e. The number of carbonyl (C=O) groups is 2. The monoisotopic (exact) mass is 2030 g/mol. The van der Waals surface area contributed by atoms with Gasteiger partial charge in [0, 0.05) is 126 Å². The second-order valence-electron chi connectivity index (χ2n) is 34.3. The summed E-state index contributed by atoms with van der Waals surface area (Å²) in [5, 5.41) is 35.0. The Kier molecular flexibility index (Phi) is 39.8. The summed E-state index contributed by atoms with van der Waals surface area (Å²) < 4.78 is 59.4. The largest absolute Gasteiger partial charge is 0.370 e. The lowest BCUT2D eigenvalue weighted by molar-refractivity contribution is -0.121. The zero-order chi connectivity index (χ0) is 104. The summed E-state index contributed by atoms with van der Waals surface area (Å²) in [5.41, 5.74) is 54.2. The third-order valence-electron chi connectivity index (χ3n) is 23.1. The highest BCUT2D eigenvalue weighted by Gasteiger charge is 2.25. The molecule has 15 rings (SSSR count). The average molecular weight is 2030 g/mol. The van der Waals surface area contributed by atoms with Crippen molar-refractivity contribution in [3.05, 3.63) is 295 Å². The number of benzene rings is 8. The van der Waals surface area contributed by atoms with Crippen molar-refractivity contribution < 1.29 is 30.9 Å². The Labute approximate surface area is 850 Å². The molecule has 0 aliphatic carbocycles.